The lowest BCUT2D eigenvalue weighted by Gasteiger charge is -2.27. The fourth-order valence-electron chi connectivity index (χ4n) is 2.35. The van der Waals surface area contributed by atoms with Gasteiger partial charge in [0.25, 0.3) is 0 Å². The van der Waals surface area contributed by atoms with Gasteiger partial charge in [-0.3, -0.25) is 4.90 Å². The van der Waals surface area contributed by atoms with E-state index in [0.29, 0.717) is 0 Å². The van der Waals surface area contributed by atoms with Gasteiger partial charge in [0.05, 0.1) is 5.69 Å². The second-order valence-electron chi connectivity index (χ2n) is 4.65. The Bertz CT molecular complexity index is 486. The van der Waals surface area contributed by atoms with Crippen LogP contribution in [0.1, 0.15) is 5.56 Å². The molecule has 0 spiro atoms. The third kappa shape index (κ3) is 2.60. The third-order valence-corrected chi connectivity index (χ3v) is 3.30. The number of hydrogen-bond acceptors (Lipinski definition) is 3. The first kappa shape index (κ1) is 11.4. The molecule has 18 heavy (non-hydrogen) atoms. The quantitative estimate of drug-likeness (QED) is 0.880. The molecule has 1 saturated heterocycles. The number of nitrogens with one attached hydrogen (secondary N) is 1. The molecule has 0 bridgehead atoms. The minimum absolute atomic E-state index is 1.02. The van der Waals surface area contributed by atoms with Crippen LogP contribution in [0.3, 0.4) is 0 Å². The molecule has 0 unspecified atom stereocenters. The molecule has 2 aromatic rings. The van der Waals surface area contributed by atoms with Crippen molar-refractivity contribution in [3.8, 4) is 5.69 Å². The lowest BCUT2D eigenvalue weighted by molar-refractivity contribution is 0.233. The minimum Gasteiger partial charge on any atom is -0.314 e. The van der Waals surface area contributed by atoms with Gasteiger partial charge in [0, 0.05) is 45.1 Å². The zero-order valence-electron chi connectivity index (χ0n) is 10.4. The highest BCUT2D eigenvalue weighted by Gasteiger charge is 2.10. The van der Waals surface area contributed by atoms with Crippen molar-refractivity contribution in [2.24, 2.45) is 0 Å². The third-order valence-electron chi connectivity index (χ3n) is 3.30. The smallest absolute Gasteiger partial charge is 0.0648 e. The van der Waals surface area contributed by atoms with Crippen LogP contribution in [0.25, 0.3) is 5.69 Å². The van der Waals surface area contributed by atoms with Crippen molar-refractivity contribution in [2.75, 3.05) is 26.2 Å². The molecule has 0 radical (unpaired) electrons. The number of aromatic nitrogens is 2. The van der Waals surface area contributed by atoms with E-state index >= 15 is 0 Å². The number of nitrogens with zero attached hydrogens (tertiary/aromatic N) is 3. The zero-order chi connectivity index (χ0) is 12.2. The van der Waals surface area contributed by atoms with Gasteiger partial charge in [0.1, 0.15) is 0 Å². The predicted octanol–water partition coefficient (Wildman–Crippen LogP) is 1.28. The van der Waals surface area contributed by atoms with E-state index in [2.05, 4.69) is 39.6 Å². The van der Waals surface area contributed by atoms with E-state index in [1.807, 2.05) is 23.1 Å². The average molecular weight is 242 g/mol. The van der Waals surface area contributed by atoms with Gasteiger partial charge >= 0.3 is 0 Å². The van der Waals surface area contributed by atoms with E-state index < -0.39 is 0 Å². The molecule has 4 heteroatoms. The summed E-state index contributed by atoms with van der Waals surface area (Å²) in [5.74, 6) is 0. The Morgan fingerprint density at radius 2 is 2.06 bits per heavy atom. The Morgan fingerprint density at radius 1 is 1.17 bits per heavy atom. The first-order valence-corrected chi connectivity index (χ1v) is 6.44. The van der Waals surface area contributed by atoms with E-state index in [0.717, 1.165) is 38.4 Å². The molecule has 1 aromatic heterocycles. The van der Waals surface area contributed by atoms with Gasteiger partial charge in [0.15, 0.2) is 0 Å². The number of rotatable bonds is 3. The molecule has 94 valence electrons. The van der Waals surface area contributed by atoms with Crippen LogP contribution in [0.4, 0.5) is 0 Å². The Balaban J connectivity index is 1.74. The van der Waals surface area contributed by atoms with Gasteiger partial charge in [-0.05, 0) is 23.8 Å². The monoisotopic (exact) mass is 242 g/mol. The molecule has 0 amide bonds. The Hall–Kier alpha value is -1.65. The van der Waals surface area contributed by atoms with E-state index in [1.165, 1.54) is 5.56 Å². The maximum Gasteiger partial charge on any atom is 0.0648 e. The van der Waals surface area contributed by atoms with Crippen molar-refractivity contribution in [1.29, 1.82) is 0 Å². The van der Waals surface area contributed by atoms with E-state index in [1.54, 1.807) is 0 Å². The normalized spacial score (nSPS) is 16.9. The maximum atomic E-state index is 4.27. The van der Waals surface area contributed by atoms with Crippen LogP contribution in [-0.2, 0) is 6.54 Å². The lowest BCUT2D eigenvalue weighted by Crippen LogP contribution is -2.42. The fourth-order valence-corrected chi connectivity index (χ4v) is 2.35. The number of benzene rings is 1. The molecule has 1 aliphatic rings. The van der Waals surface area contributed by atoms with Crippen molar-refractivity contribution in [1.82, 2.24) is 20.0 Å². The second kappa shape index (κ2) is 5.33. The first-order chi connectivity index (χ1) is 8.92. The zero-order valence-corrected chi connectivity index (χ0v) is 10.4. The van der Waals surface area contributed by atoms with Crippen LogP contribution < -0.4 is 5.32 Å². The summed E-state index contributed by atoms with van der Waals surface area (Å²) in [5, 5.41) is 7.65. The predicted molar refractivity (Wildman–Crippen MR) is 71.7 cm³/mol. The molecule has 2 heterocycles. The molecule has 1 fully saturated rings. The summed E-state index contributed by atoms with van der Waals surface area (Å²) in [5.41, 5.74) is 2.48. The highest BCUT2D eigenvalue weighted by molar-refractivity contribution is 5.35. The molecule has 1 N–H and O–H groups in total. The SMILES string of the molecule is c1cc(CN2CCNCC2)cc(-n2cccn2)c1. The first-order valence-electron chi connectivity index (χ1n) is 6.44. The highest BCUT2D eigenvalue weighted by atomic mass is 15.3. The summed E-state index contributed by atoms with van der Waals surface area (Å²) in [4.78, 5) is 2.48. The van der Waals surface area contributed by atoms with Crippen molar-refractivity contribution in [3.05, 3.63) is 48.3 Å². The van der Waals surface area contributed by atoms with E-state index in [4.69, 9.17) is 0 Å². The second-order valence-corrected chi connectivity index (χ2v) is 4.65. The van der Waals surface area contributed by atoms with Gasteiger partial charge in [-0.15, -0.1) is 0 Å². The van der Waals surface area contributed by atoms with Crippen LogP contribution in [-0.4, -0.2) is 40.9 Å². The number of hydrogen-bond donors (Lipinski definition) is 1. The van der Waals surface area contributed by atoms with Crippen LogP contribution in [0.2, 0.25) is 0 Å². The Kier molecular flexibility index (Phi) is 3.39. The van der Waals surface area contributed by atoms with Crippen LogP contribution in [0.15, 0.2) is 42.7 Å². The van der Waals surface area contributed by atoms with Gasteiger partial charge in [-0.2, -0.15) is 5.10 Å². The van der Waals surface area contributed by atoms with Crippen molar-refractivity contribution < 1.29 is 0 Å². The van der Waals surface area contributed by atoms with Gasteiger partial charge in [-0.25, -0.2) is 4.68 Å². The lowest BCUT2D eigenvalue weighted by atomic mass is 10.2. The highest BCUT2D eigenvalue weighted by Crippen LogP contribution is 2.12. The minimum atomic E-state index is 1.02. The van der Waals surface area contributed by atoms with E-state index in [9.17, 15) is 0 Å². The topological polar surface area (TPSA) is 33.1 Å². The standard InChI is InChI=1S/C14H18N4/c1-3-13(12-17-9-6-15-7-10-17)11-14(4-1)18-8-2-5-16-18/h1-5,8,11,15H,6-7,9-10,12H2. The summed E-state index contributed by atoms with van der Waals surface area (Å²) in [6, 6.07) is 10.6. The molecule has 0 aliphatic carbocycles. The Labute approximate surface area is 107 Å². The van der Waals surface area contributed by atoms with Crippen molar-refractivity contribution in [3.63, 3.8) is 0 Å². The summed E-state index contributed by atoms with van der Waals surface area (Å²) >= 11 is 0. The molecular formula is C14H18N4. The molecule has 1 aromatic carbocycles. The molecule has 1 aliphatic heterocycles. The van der Waals surface area contributed by atoms with Gasteiger partial charge in [0.2, 0.25) is 0 Å². The van der Waals surface area contributed by atoms with E-state index in [-0.39, 0.29) is 0 Å². The van der Waals surface area contributed by atoms with Crippen LogP contribution in [0.5, 0.6) is 0 Å². The van der Waals surface area contributed by atoms with Crippen molar-refractivity contribution >= 4 is 0 Å². The summed E-state index contributed by atoms with van der Waals surface area (Å²) in [7, 11) is 0. The molecule has 0 atom stereocenters. The maximum absolute atomic E-state index is 4.27. The molecule has 3 rings (SSSR count). The summed E-state index contributed by atoms with van der Waals surface area (Å²) in [6.45, 7) is 5.48. The van der Waals surface area contributed by atoms with Crippen LogP contribution >= 0.6 is 0 Å². The van der Waals surface area contributed by atoms with Gasteiger partial charge < -0.3 is 5.32 Å². The summed E-state index contributed by atoms with van der Waals surface area (Å²) < 4.78 is 1.90. The molecule has 4 nitrogen and oxygen atoms in total. The van der Waals surface area contributed by atoms with Gasteiger partial charge in [-0.1, -0.05) is 12.1 Å². The number of piperazine rings is 1. The largest absolute Gasteiger partial charge is 0.314 e. The summed E-state index contributed by atoms with van der Waals surface area (Å²) in [6.07, 6.45) is 3.78. The Morgan fingerprint density at radius 3 is 2.83 bits per heavy atom. The molecule has 0 saturated carbocycles. The fraction of sp³-hybridized carbons (Fsp3) is 0.357. The van der Waals surface area contributed by atoms with Crippen LogP contribution in [0, 0.1) is 0 Å². The van der Waals surface area contributed by atoms with Crippen molar-refractivity contribution in [2.45, 2.75) is 6.54 Å². The molecular weight excluding hydrogens is 224 g/mol. The average Bonchev–Trinajstić information content (AvgIpc) is 2.94.